The highest BCUT2D eigenvalue weighted by Crippen LogP contribution is 2.39. The van der Waals surface area contributed by atoms with E-state index in [2.05, 4.69) is 40.0 Å². The van der Waals surface area contributed by atoms with Gasteiger partial charge in [-0.3, -0.25) is 4.90 Å². The maximum absolute atomic E-state index is 12.4. The van der Waals surface area contributed by atoms with Crippen LogP contribution in [0.15, 0.2) is 30.3 Å². The van der Waals surface area contributed by atoms with Crippen LogP contribution in [-0.4, -0.2) is 33.3 Å². The summed E-state index contributed by atoms with van der Waals surface area (Å²) in [5, 5.41) is 0. The summed E-state index contributed by atoms with van der Waals surface area (Å²) in [7, 11) is 0. The van der Waals surface area contributed by atoms with Gasteiger partial charge in [0.25, 0.3) is 0 Å². The van der Waals surface area contributed by atoms with Crippen molar-refractivity contribution in [2.45, 2.75) is 50.9 Å². The van der Waals surface area contributed by atoms with Crippen molar-refractivity contribution >= 4 is 11.4 Å². The summed E-state index contributed by atoms with van der Waals surface area (Å²) in [6, 6.07) is 11.1. The van der Waals surface area contributed by atoms with Gasteiger partial charge in [0.05, 0.1) is 6.04 Å². The van der Waals surface area contributed by atoms with E-state index in [1.165, 1.54) is 24.9 Å². The van der Waals surface area contributed by atoms with Gasteiger partial charge < -0.3 is 4.55 Å². The second-order valence-electron chi connectivity index (χ2n) is 7.79. The summed E-state index contributed by atoms with van der Waals surface area (Å²) in [5.74, 6) is 1.44. The third kappa shape index (κ3) is 3.67. The third-order valence-corrected chi connectivity index (χ3v) is 6.63. The Kier molecular flexibility index (Phi) is 4.83. The van der Waals surface area contributed by atoms with Gasteiger partial charge in [0.2, 0.25) is 0 Å². The normalized spacial score (nSPS) is 30.5. The van der Waals surface area contributed by atoms with E-state index in [0.717, 1.165) is 19.0 Å². The van der Waals surface area contributed by atoms with Crippen LogP contribution in [0.1, 0.15) is 39.2 Å². The second kappa shape index (κ2) is 6.52. The molecular weight excluding hydrogens is 292 g/mol. The summed E-state index contributed by atoms with van der Waals surface area (Å²) in [5.41, 5.74) is 1.39. The van der Waals surface area contributed by atoms with E-state index in [1.807, 2.05) is 20.8 Å². The molecule has 1 saturated carbocycles. The van der Waals surface area contributed by atoms with E-state index in [-0.39, 0.29) is 4.75 Å². The van der Waals surface area contributed by atoms with Crippen molar-refractivity contribution in [1.82, 2.24) is 9.62 Å². The van der Waals surface area contributed by atoms with Crippen LogP contribution in [0.25, 0.3) is 0 Å². The fraction of sp³-hybridized carbons (Fsp3) is 0.667. The van der Waals surface area contributed by atoms with Gasteiger partial charge in [-0.2, -0.15) is 0 Å². The van der Waals surface area contributed by atoms with Crippen molar-refractivity contribution in [3.05, 3.63) is 35.9 Å². The first-order valence-electron chi connectivity index (χ1n) is 8.38. The Morgan fingerprint density at radius 1 is 1.18 bits per heavy atom. The molecule has 22 heavy (non-hydrogen) atoms. The third-order valence-electron chi connectivity index (χ3n) is 5.00. The van der Waals surface area contributed by atoms with Gasteiger partial charge in [-0.25, -0.2) is 0 Å². The molecule has 3 rings (SSSR count). The molecule has 0 amide bonds. The number of benzene rings is 1. The molecule has 4 unspecified atom stereocenters. The number of hydrogen-bond donors (Lipinski definition) is 1. The van der Waals surface area contributed by atoms with E-state index in [9.17, 15) is 4.55 Å². The lowest BCUT2D eigenvalue weighted by molar-refractivity contribution is 0.295. The smallest absolute Gasteiger partial charge is 0.136 e. The monoisotopic (exact) mass is 320 g/mol. The van der Waals surface area contributed by atoms with Crippen molar-refractivity contribution in [3.8, 4) is 0 Å². The molecule has 0 aromatic heterocycles. The molecule has 4 heteroatoms. The number of rotatable bonds is 4. The van der Waals surface area contributed by atoms with Crippen molar-refractivity contribution in [2.24, 2.45) is 11.8 Å². The Morgan fingerprint density at radius 3 is 2.59 bits per heavy atom. The lowest BCUT2D eigenvalue weighted by atomic mass is 9.98. The van der Waals surface area contributed by atoms with Crippen molar-refractivity contribution in [3.63, 3.8) is 0 Å². The highest BCUT2D eigenvalue weighted by molar-refractivity contribution is 7.90. The molecule has 1 aliphatic heterocycles. The highest BCUT2D eigenvalue weighted by atomic mass is 32.2. The molecule has 2 fully saturated rings. The molecule has 0 spiro atoms. The first-order valence-corrected chi connectivity index (χ1v) is 9.53. The zero-order valence-corrected chi connectivity index (χ0v) is 14.7. The average molecular weight is 321 g/mol. The highest BCUT2D eigenvalue weighted by Gasteiger charge is 2.45. The SMILES string of the molecule is CC(C)(C)[S+]([O-])NC1CCC2CN(Cc3ccccc3)CC21. The Morgan fingerprint density at radius 2 is 1.91 bits per heavy atom. The van der Waals surface area contributed by atoms with Gasteiger partial charge in [-0.05, 0) is 51.0 Å². The first kappa shape index (κ1) is 16.3. The van der Waals surface area contributed by atoms with Gasteiger partial charge in [0.1, 0.15) is 4.75 Å². The van der Waals surface area contributed by atoms with E-state index in [0.29, 0.717) is 12.0 Å². The zero-order chi connectivity index (χ0) is 15.7. The van der Waals surface area contributed by atoms with Crippen LogP contribution in [0.3, 0.4) is 0 Å². The molecule has 0 bridgehead atoms. The lowest BCUT2D eigenvalue weighted by Crippen LogP contribution is -2.47. The van der Waals surface area contributed by atoms with Crippen LogP contribution in [0.4, 0.5) is 0 Å². The van der Waals surface area contributed by atoms with E-state index < -0.39 is 11.4 Å². The molecule has 1 N–H and O–H groups in total. The second-order valence-corrected chi connectivity index (χ2v) is 9.78. The average Bonchev–Trinajstić information content (AvgIpc) is 3.00. The number of nitrogens with one attached hydrogen (secondary N) is 1. The van der Waals surface area contributed by atoms with E-state index in [4.69, 9.17) is 0 Å². The molecule has 2 aliphatic rings. The molecule has 3 nitrogen and oxygen atoms in total. The number of fused-ring (bicyclic) bond motifs is 1. The van der Waals surface area contributed by atoms with E-state index in [1.54, 1.807) is 0 Å². The molecule has 1 aromatic carbocycles. The predicted octanol–water partition coefficient (Wildman–Crippen LogP) is 2.95. The molecule has 1 saturated heterocycles. The molecular formula is C18H28N2OS. The minimum atomic E-state index is -0.954. The Bertz CT molecular complexity index is 488. The quantitative estimate of drug-likeness (QED) is 0.867. The first-order chi connectivity index (χ1) is 10.4. The van der Waals surface area contributed by atoms with Crippen molar-refractivity contribution in [1.29, 1.82) is 0 Å². The molecule has 4 atom stereocenters. The minimum Gasteiger partial charge on any atom is -0.598 e. The van der Waals surface area contributed by atoms with Gasteiger partial charge >= 0.3 is 0 Å². The summed E-state index contributed by atoms with van der Waals surface area (Å²) in [6.07, 6.45) is 2.45. The van der Waals surface area contributed by atoms with Gasteiger partial charge in [-0.15, -0.1) is 4.72 Å². The summed E-state index contributed by atoms with van der Waals surface area (Å²) in [6.45, 7) is 9.50. The van der Waals surface area contributed by atoms with Crippen LogP contribution in [0.5, 0.6) is 0 Å². The lowest BCUT2D eigenvalue weighted by Gasteiger charge is -2.28. The van der Waals surface area contributed by atoms with Gasteiger partial charge in [0, 0.05) is 31.0 Å². The van der Waals surface area contributed by atoms with E-state index >= 15 is 0 Å². The predicted molar refractivity (Wildman–Crippen MR) is 92.8 cm³/mol. The summed E-state index contributed by atoms with van der Waals surface area (Å²) in [4.78, 5) is 2.57. The fourth-order valence-corrected chi connectivity index (χ4v) is 4.71. The van der Waals surface area contributed by atoms with Gasteiger partial charge in [-0.1, -0.05) is 30.3 Å². The van der Waals surface area contributed by atoms with Crippen molar-refractivity contribution < 1.29 is 4.55 Å². The van der Waals surface area contributed by atoms with Crippen LogP contribution < -0.4 is 4.72 Å². The number of nitrogens with zero attached hydrogens (tertiary/aromatic N) is 1. The fourth-order valence-electron chi connectivity index (χ4n) is 3.79. The standard InChI is InChI=1S/C18H28N2OS/c1-18(2,3)22(21)19-17-10-9-15-12-20(13-16(15)17)11-14-7-5-4-6-8-14/h4-8,15-17,19H,9-13H2,1-3H3. The Labute approximate surface area is 137 Å². The van der Waals surface area contributed by atoms with Crippen molar-refractivity contribution in [2.75, 3.05) is 13.1 Å². The maximum Gasteiger partial charge on any atom is 0.136 e. The van der Waals surface area contributed by atoms with Crippen LogP contribution in [0, 0.1) is 11.8 Å². The maximum atomic E-state index is 12.4. The largest absolute Gasteiger partial charge is 0.598 e. The molecule has 1 aliphatic carbocycles. The number of hydrogen-bond acceptors (Lipinski definition) is 3. The number of likely N-dealkylation sites (tertiary alicyclic amines) is 1. The van der Waals surface area contributed by atoms with Crippen LogP contribution in [0.2, 0.25) is 0 Å². The molecule has 122 valence electrons. The van der Waals surface area contributed by atoms with Crippen LogP contribution >= 0.6 is 0 Å². The topological polar surface area (TPSA) is 38.3 Å². The van der Waals surface area contributed by atoms with Gasteiger partial charge in [0.15, 0.2) is 0 Å². The zero-order valence-electron chi connectivity index (χ0n) is 13.9. The Balaban J connectivity index is 1.57. The summed E-state index contributed by atoms with van der Waals surface area (Å²) >= 11 is -0.954. The molecule has 0 radical (unpaired) electrons. The molecule has 1 heterocycles. The van der Waals surface area contributed by atoms with Crippen LogP contribution in [-0.2, 0) is 17.9 Å². The summed E-state index contributed by atoms with van der Waals surface area (Å²) < 4.78 is 15.6. The Hall–Kier alpha value is -0.550. The molecule has 1 aromatic rings. The minimum absolute atomic E-state index is 0.180.